The van der Waals surface area contributed by atoms with Crippen molar-refractivity contribution in [2.45, 2.75) is 25.5 Å². The smallest absolute Gasteiger partial charge is 0.250 e. The summed E-state index contributed by atoms with van der Waals surface area (Å²) in [4.78, 5) is 20.8. The van der Waals surface area contributed by atoms with Gasteiger partial charge in [-0.05, 0) is 30.5 Å². The summed E-state index contributed by atoms with van der Waals surface area (Å²) in [6.45, 7) is 4.56. The van der Waals surface area contributed by atoms with Crippen molar-refractivity contribution < 1.29 is 19.1 Å². The lowest BCUT2D eigenvalue weighted by Crippen LogP contribution is -2.52. The van der Waals surface area contributed by atoms with Crippen molar-refractivity contribution >= 4 is 5.91 Å². The standard InChI is InChI=1S/C19H26N2O4/c1-23-15-5-2-4-14(10-15)11-20-12-17(16-6-9-24-18(16)13-20)19(22)21-7-3-8-25-21/h2,4-5,10,16-18H,3,6-9,11-13H2,1H3/t16-,17-,18+/m1/s1. The van der Waals surface area contributed by atoms with Crippen molar-refractivity contribution in [3.63, 3.8) is 0 Å². The molecular weight excluding hydrogens is 320 g/mol. The lowest BCUT2D eigenvalue weighted by atomic mass is 9.82. The van der Waals surface area contributed by atoms with Gasteiger partial charge in [0.2, 0.25) is 0 Å². The number of hydroxylamine groups is 2. The van der Waals surface area contributed by atoms with Crippen LogP contribution in [-0.4, -0.2) is 61.9 Å². The Morgan fingerprint density at radius 1 is 1.32 bits per heavy atom. The van der Waals surface area contributed by atoms with E-state index in [4.69, 9.17) is 14.3 Å². The number of nitrogens with zero attached hydrogens (tertiary/aromatic N) is 2. The second kappa shape index (κ2) is 7.32. The lowest BCUT2D eigenvalue weighted by Gasteiger charge is -2.40. The van der Waals surface area contributed by atoms with Crippen molar-refractivity contribution in [1.82, 2.24) is 9.96 Å². The number of piperidine rings is 1. The molecule has 0 N–H and O–H groups in total. The molecule has 6 heteroatoms. The first-order valence-corrected chi connectivity index (χ1v) is 9.16. The fourth-order valence-electron chi connectivity index (χ4n) is 4.28. The van der Waals surface area contributed by atoms with Gasteiger partial charge in [0.1, 0.15) is 5.75 Å². The van der Waals surface area contributed by atoms with Crippen LogP contribution in [0.25, 0.3) is 0 Å². The maximum absolute atomic E-state index is 12.9. The first-order valence-electron chi connectivity index (χ1n) is 9.16. The van der Waals surface area contributed by atoms with Crippen molar-refractivity contribution in [2.75, 3.05) is 40.0 Å². The average Bonchev–Trinajstić information content (AvgIpc) is 3.32. The molecule has 0 radical (unpaired) electrons. The summed E-state index contributed by atoms with van der Waals surface area (Å²) in [5.41, 5.74) is 1.19. The Hall–Kier alpha value is -1.63. The Labute approximate surface area is 148 Å². The summed E-state index contributed by atoms with van der Waals surface area (Å²) in [7, 11) is 1.68. The molecule has 1 aromatic carbocycles. The minimum absolute atomic E-state index is 0.0371. The third-order valence-corrected chi connectivity index (χ3v) is 5.53. The first kappa shape index (κ1) is 16.8. The van der Waals surface area contributed by atoms with Gasteiger partial charge in [-0.15, -0.1) is 0 Å². The number of hydrogen-bond acceptors (Lipinski definition) is 5. The summed E-state index contributed by atoms with van der Waals surface area (Å²) in [5.74, 6) is 1.28. The van der Waals surface area contributed by atoms with E-state index in [9.17, 15) is 4.79 Å². The third kappa shape index (κ3) is 3.52. The van der Waals surface area contributed by atoms with E-state index in [0.29, 0.717) is 19.1 Å². The van der Waals surface area contributed by atoms with E-state index in [1.165, 1.54) is 5.56 Å². The molecule has 3 aliphatic rings. The predicted molar refractivity (Wildman–Crippen MR) is 91.9 cm³/mol. The minimum atomic E-state index is -0.0371. The third-order valence-electron chi connectivity index (χ3n) is 5.53. The number of amides is 1. The largest absolute Gasteiger partial charge is 0.497 e. The van der Waals surface area contributed by atoms with Gasteiger partial charge in [-0.2, -0.15) is 0 Å². The quantitative estimate of drug-likeness (QED) is 0.831. The summed E-state index contributed by atoms with van der Waals surface area (Å²) < 4.78 is 11.3. The number of rotatable bonds is 4. The van der Waals surface area contributed by atoms with Gasteiger partial charge in [-0.1, -0.05) is 12.1 Å². The average molecular weight is 346 g/mol. The molecule has 4 rings (SSSR count). The van der Waals surface area contributed by atoms with E-state index in [-0.39, 0.29) is 17.9 Å². The van der Waals surface area contributed by atoms with Crippen LogP contribution in [0.3, 0.4) is 0 Å². The molecule has 6 nitrogen and oxygen atoms in total. The second-order valence-electron chi connectivity index (χ2n) is 7.14. The Bertz CT molecular complexity index is 617. The van der Waals surface area contributed by atoms with Crippen molar-refractivity contribution in [3.8, 4) is 5.75 Å². The normalized spacial score (nSPS) is 29.6. The number of carbonyl (C=O) groups is 1. The first-order chi connectivity index (χ1) is 12.2. The zero-order valence-corrected chi connectivity index (χ0v) is 14.7. The summed E-state index contributed by atoms with van der Waals surface area (Å²) in [6, 6.07) is 8.12. The number of carbonyl (C=O) groups excluding carboxylic acids is 1. The molecule has 3 aliphatic heterocycles. The summed E-state index contributed by atoms with van der Waals surface area (Å²) in [5, 5.41) is 1.58. The molecule has 1 aromatic rings. The van der Waals surface area contributed by atoms with Gasteiger partial charge < -0.3 is 9.47 Å². The van der Waals surface area contributed by atoms with Crippen LogP contribution in [0.15, 0.2) is 24.3 Å². The van der Waals surface area contributed by atoms with Gasteiger partial charge in [0.05, 0.1) is 32.3 Å². The van der Waals surface area contributed by atoms with Crippen LogP contribution in [0.5, 0.6) is 5.75 Å². The van der Waals surface area contributed by atoms with Crippen molar-refractivity contribution in [2.24, 2.45) is 11.8 Å². The second-order valence-corrected chi connectivity index (χ2v) is 7.14. The molecule has 1 amide bonds. The van der Waals surface area contributed by atoms with Gasteiger partial charge in [0.15, 0.2) is 0 Å². The van der Waals surface area contributed by atoms with Gasteiger partial charge in [0, 0.05) is 32.2 Å². The number of benzene rings is 1. The molecule has 0 aromatic heterocycles. The lowest BCUT2D eigenvalue weighted by molar-refractivity contribution is -0.179. The van der Waals surface area contributed by atoms with Crippen LogP contribution in [0.4, 0.5) is 0 Å². The van der Waals surface area contributed by atoms with Crippen LogP contribution in [0.1, 0.15) is 18.4 Å². The minimum Gasteiger partial charge on any atom is -0.497 e. The Morgan fingerprint density at radius 3 is 3.04 bits per heavy atom. The molecule has 0 spiro atoms. The van der Waals surface area contributed by atoms with Gasteiger partial charge >= 0.3 is 0 Å². The number of methoxy groups -OCH3 is 1. The van der Waals surface area contributed by atoms with Crippen molar-refractivity contribution in [3.05, 3.63) is 29.8 Å². The van der Waals surface area contributed by atoms with Crippen LogP contribution >= 0.6 is 0 Å². The maximum atomic E-state index is 12.9. The van der Waals surface area contributed by atoms with Gasteiger partial charge in [-0.25, -0.2) is 5.06 Å². The van der Waals surface area contributed by atoms with E-state index >= 15 is 0 Å². The molecule has 0 aliphatic carbocycles. The predicted octanol–water partition coefficient (Wildman–Crippen LogP) is 1.70. The zero-order chi connectivity index (χ0) is 17.2. The highest BCUT2D eigenvalue weighted by molar-refractivity contribution is 5.79. The molecule has 25 heavy (non-hydrogen) atoms. The number of fused-ring (bicyclic) bond motifs is 1. The highest BCUT2D eigenvalue weighted by atomic mass is 16.7. The molecule has 0 bridgehead atoms. The van der Waals surface area contributed by atoms with Crippen LogP contribution < -0.4 is 4.74 Å². The van der Waals surface area contributed by atoms with E-state index in [0.717, 1.165) is 44.8 Å². The van der Waals surface area contributed by atoms with E-state index in [1.807, 2.05) is 12.1 Å². The molecular formula is C19H26N2O4. The highest BCUT2D eigenvalue weighted by Crippen LogP contribution is 2.35. The Morgan fingerprint density at radius 2 is 2.24 bits per heavy atom. The zero-order valence-electron chi connectivity index (χ0n) is 14.7. The fraction of sp³-hybridized carbons (Fsp3) is 0.632. The fourth-order valence-corrected chi connectivity index (χ4v) is 4.28. The Balaban J connectivity index is 1.48. The summed E-state index contributed by atoms with van der Waals surface area (Å²) >= 11 is 0. The monoisotopic (exact) mass is 346 g/mol. The number of ether oxygens (including phenoxy) is 2. The summed E-state index contributed by atoms with van der Waals surface area (Å²) in [6.07, 6.45) is 2.05. The maximum Gasteiger partial charge on any atom is 0.250 e. The molecule has 3 saturated heterocycles. The van der Waals surface area contributed by atoms with Crippen LogP contribution in [-0.2, 0) is 20.9 Å². The highest BCUT2D eigenvalue weighted by Gasteiger charge is 2.45. The molecule has 3 fully saturated rings. The molecule has 0 saturated carbocycles. The topological polar surface area (TPSA) is 51.2 Å². The van der Waals surface area contributed by atoms with Gasteiger partial charge in [-0.3, -0.25) is 14.5 Å². The van der Waals surface area contributed by atoms with Crippen LogP contribution in [0, 0.1) is 11.8 Å². The van der Waals surface area contributed by atoms with E-state index in [2.05, 4.69) is 17.0 Å². The van der Waals surface area contributed by atoms with Gasteiger partial charge in [0.25, 0.3) is 5.91 Å². The molecule has 3 atom stereocenters. The molecule has 136 valence electrons. The number of hydrogen-bond donors (Lipinski definition) is 0. The Kier molecular flexibility index (Phi) is 4.92. The van der Waals surface area contributed by atoms with E-state index < -0.39 is 0 Å². The van der Waals surface area contributed by atoms with Crippen molar-refractivity contribution in [1.29, 1.82) is 0 Å². The SMILES string of the molecule is COc1cccc(CN2C[C@@H]3OCC[C@@H]3[C@H](C(=O)N3CCCO3)C2)c1. The van der Waals surface area contributed by atoms with E-state index in [1.54, 1.807) is 12.2 Å². The number of likely N-dealkylation sites (tertiary alicyclic amines) is 1. The van der Waals surface area contributed by atoms with Crippen LogP contribution in [0.2, 0.25) is 0 Å². The molecule has 3 heterocycles. The molecule has 0 unspecified atom stereocenters.